The molecule has 0 bridgehead atoms. The molecule has 16 heavy (non-hydrogen) atoms. The van der Waals surface area contributed by atoms with Gasteiger partial charge in [-0.2, -0.15) is 13.2 Å². The molecule has 0 aromatic rings. The van der Waals surface area contributed by atoms with E-state index in [1.54, 1.807) is 0 Å². The largest absolute Gasteiger partial charge is 0.484 e. The number of rotatable bonds is 1. The van der Waals surface area contributed by atoms with Crippen LogP contribution in [0.3, 0.4) is 0 Å². The van der Waals surface area contributed by atoms with E-state index >= 15 is 0 Å². The van der Waals surface area contributed by atoms with Crippen molar-refractivity contribution in [1.29, 1.82) is 0 Å². The van der Waals surface area contributed by atoms with Crippen molar-refractivity contribution in [3.63, 3.8) is 0 Å². The smallest absolute Gasteiger partial charge is 0.428 e. The lowest BCUT2D eigenvalue weighted by Gasteiger charge is -2.38. The van der Waals surface area contributed by atoms with Crippen LogP contribution in [0.15, 0.2) is 11.8 Å². The highest BCUT2D eigenvalue weighted by molar-refractivity contribution is 6.17. The first-order chi connectivity index (χ1) is 7.11. The average Bonchev–Trinajstić information content (AvgIpc) is 2.12. The minimum absolute atomic E-state index is 0.359. The predicted octanol–water partition coefficient (Wildman–Crippen LogP) is 1.51. The van der Waals surface area contributed by atoms with Gasteiger partial charge in [-0.1, -0.05) is 6.92 Å². The van der Waals surface area contributed by atoms with E-state index < -0.39 is 35.0 Å². The fraction of sp³-hybridized carbons (Fsp3) is 0.556. The number of carboxylic acids is 1. The first kappa shape index (κ1) is 12.5. The zero-order valence-corrected chi connectivity index (χ0v) is 8.46. The Hall–Kier alpha value is -1.53. The molecule has 1 heterocycles. The van der Waals surface area contributed by atoms with Gasteiger partial charge in [0, 0.05) is 0 Å². The fourth-order valence-electron chi connectivity index (χ4n) is 1.29. The van der Waals surface area contributed by atoms with Gasteiger partial charge in [-0.3, -0.25) is 4.79 Å². The van der Waals surface area contributed by atoms with Crippen molar-refractivity contribution in [3.8, 4) is 0 Å². The van der Waals surface area contributed by atoms with E-state index in [9.17, 15) is 22.8 Å². The number of hydrogen-bond donors (Lipinski definition) is 1. The molecule has 1 aliphatic rings. The molecule has 0 aromatic carbocycles. The third kappa shape index (κ3) is 1.66. The van der Waals surface area contributed by atoms with Crippen LogP contribution in [0.5, 0.6) is 0 Å². The summed E-state index contributed by atoms with van der Waals surface area (Å²) in [6.45, 7) is 1.70. The normalized spacial score (nSPS) is 30.7. The Labute approximate surface area is 88.7 Å². The molecule has 1 aliphatic heterocycles. The van der Waals surface area contributed by atoms with Crippen molar-refractivity contribution in [3.05, 3.63) is 11.8 Å². The van der Waals surface area contributed by atoms with Crippen LogP contribution < -0.4 is 0 Å². The van der Waals surface area contributed by atoms with Crippen LogP contribution in [-0.2, 0) is 14.3 Å². The molecule has 7 heteroatoms. The molecule has 0 saturated carbocycles. The van der Waals surface area contributed by atoms with Crippen molar-refractivity contribution < 1.29 is 32.6 Å². The molecular weight excluding hydrogens is 229 g/mol. The Morgan fingerprint density at radius 1 is 1.56 bits per heavy atom. The number of alkyl halides is 3. The summed E-state index contributed by atoms with van der Waals surface area (Å²) >= 11 is 0. The van der Waals surface area contributed by atoms with E-state index in [2.05, 4.69) is 4.74 Å². The van der Waals surface area contributed by atoms with E-state index in [1.807, 2.05) is 0 Å². The summed E-state index contributed by atoms with van der Waals surface area (Å²) in [5.74, 6) is -4.27. The van der Waals surface area contributed by atoms with Gasteiger partial charge in [-0.05, 0) is 6.92 Å². The van der Waals surface area contributed by atoms with E-state index in [0.717, 1.165) is 6.92 Å². The number of aliphatic carboxylic acids is 1. The second kappa shape index (κ2) is 3.50. The molecule has 0 spiro atoms. The zero-order chi connectivity index (χ0) is 12.7. The summed E-state index contributed by atoms with van der Waals surface area (Å²) in [4.78, 5) is 21.9. The van der Waals surface area contributed by atoms with Crippen LogP contribution in [0, 0.1) is 5.92 Å². The van der Waals surface area contributed by atoms with Crippen LogP contribution in [0.2, 0.25) is 0 Å². The summed E-state index contributed by atoms with van der Waals surface area (Å²) in [7, 11) is 0. The number of ketones is 1. The van der Waals surface area contributed by atoms with E-state index in [4.69, 9.17) is 5.11 Å². The van der Waals surface area contributed by atoms with Gasteiger partial charge in [-0.25, -0.2) is 4.79 Å². The summed E-state index contributed by atoms with van der Waals surface area (Å²) in [5, 5.41) is 8.55. The standard InChI is InChI=1S/C9H9F3O4/c1-4-6(13)5(7(14)15)3-16-8(4,2)9(10,11)12/h3-4H,1-2H3,(H,14,15)/t4?,8-/m1/s1. The second-order valence-corrected chi connectivity index (χ2v) is 3.65. The maximum Gasteiger partial charge on any atom is 0.428 e. The van der Waals surface area contributed by atoms with Crippen molar-refractivity contribution in [2.24, 2.45) is 5.92 Å². The number of carboxylic acid groups (broad SMARTS) is 1. The van der Waals surface area contributed by atoms with Crippen LogP contribution in [0.25, 0.3) is 0 Å². The third-order valence-corrected chi connectivity index (χ3v) is 2.70. The van der Waals surface area contributed by atoms with E-state index in [1.165, 1.54) is 0 Å². The molecule has 90 valence electrons. The van der Waals surface area contributed by atoms with Gasteiger partial charge >= 0.3 is 12.1 Å². The number of ether oxygens (including phenoxy) is 1. The molecule has 1 rings (SSSR count). The molecule has 0 amide bonds. The molecule has 4 nitrogen and oxygen atoms in total. The van der Waals surface area contributed by atoms with Crippen LogP contribution in [0.4, 0.5) is 13.2 Å². The van der Waals surface area contributed by atoms with Crippen molar-refractivity contribution >= 4 is 11.8 Å². The van der Waals surface area contributed by atoms with Crippen molar-refractivity contribution in [1.82, 2.24) is 0 Å². The minimum atomic E-state index is -4.75. The highest BCUT2D eigenvalue weighted by atomic mass is 19.4. The topological polar surface area (TPSA) is 63.6 Å². The Bertz CT molecular complexity index is 371. The van der Waals surface area contributed by atoms with Crippen LogP contribution in [0.1, 0.15) is 13.8 Å². The first-order valence-electron chi connectivity index (χ1n) is 4.33. The number of halogens is 3. The van der Waals surface area contributed by atoms with Gasteiger partial charge in [0.05, 0.1) is 5.92 Å². The fourth-order valence-corrected chi connectivity index (χ4v) is 1.29. The summed E-state index contributed by atoms with van der Waals surface area (Å²) in [5.41, 5.74) is -3.45. The molecule has 1 N–H and O–H groups in total. The van der Waals surface area contributed by atoms with E-state index in [0.29, 0.717) is 13.2 Å². The number of carbonyl (C=O) groups is 2. The molecule has 0 aliphatic carbocycles. The van der Waals surface area contributed by atoms with Gasteiger partial charge in [0.1, 0.15) is 11.8 Å². The maximum atomic E-state index is 12.6. The first-order valence-corrected chi connectivity index (χ1v) is 4.33. The van der Waals surface area contributed by atoms with Gasteiger partial charge in [0.25, 0.3) is 0 Å². The highest BCUT2D eigenvalue weighted by Crippen LogP contribution is 2.42. The lowest BCUT2D eigenvalue weighted by atomic mass is 9.82. The zero-order valence-electron chi connectivity index (χ0n) is 8.46. The third-order valence-electron chi connectivity index (χ3n) is 2.70. The predicted molar refractivity (Wildman–Crippen MR) is 45.4 cm³/mol. The Balaban J connectivity index is 3.18. The summed E-state index contributed by atoms with van der Waals surface area (Å²) < 4.78 is 42.3. The Morgan fingerprint density at radius 3 is 2.44 bits per heavy atom. The lowest BCUT2D eigenvalue weighted by Crippen LogP contribution is -2.54. The van der Waals surface area contributed by atoms with Gasteiger partial charge in [0.2, 0.25) is 5.60 Å². The highest BCUT2D eigenvalue weighted by Gasteiger charge is 2.60. The van der Waals surface area contributed by atoms with Crippen molar-refractivity contribution in [2.75, 3.05) is 0 Å². The monoisotopic (exact) mass is 238 g/mol. The maximum absolute atomic E-state index is 12.6. The van der Waals surface area contributed by atoms with Crippen LogP contribution >= 0.6 is 0 Å². The Morgan fingerprint density at radius 2 is 2.06 bits per heavy atom. The summed E-state index contributed by atoms with van der Waals surface area (Å²) in [6.07, 6.45) is -4.39. The average molecular weight is 238 g/mol. The minimum Gasteiger partial charge on any atom is -0.484 e. The molecular formula is C9H9F3O4. The van der Waals surface area contributed by atoms with Gasteiger partial charge in [0.15, 0.2) is 5.78 Å². The molecule has 0 radical (unpaired) electrons. The number of Topliss-reactive ketones (excluding diaryl/α,β-unsaturated/α-hetero) is 1. The molecule has 1 unspecified atom stereocenters. The lowest BCUT2D eigenvalue weighted by molar-refractivity contribution is -0.271. The van der Waals surface area contributed by atoms with Gasteiger partial charge in [-0.15, -0.1) is 0 Å². The number of carbonyl (C=O) groups excluding carboxylic acids is 1. The quantitative estimate of drug-likeness (QED) is 0.703. The Kier molecular flexibility index (Phi) is 2.74. The SMILES string of the molecule is CC1C(=O)C(C(=O)O)=CO[C@@]1(C)C(F)(F)F. The molecule has 2 atom stereocenters. The van der Waals surface area contributed by atoms with Gasteiger partial charge < -0.3 is 9.84 Å². The van der Waals surface area contributed by atoms with E-state index in [-0.39, 0.29) is 0 Å². The molecule has 0 aromatic heterocycles. The molecule has 0 fully saturated rings. The molecule has 0 saturated heterocycles. The number of hydrogen-bond acceptors (Lipinski definition) is 3. The second-order valence-electron chi connectivity index (χ2n) is 3.65. The van der Waals surface area contributed by atoms with Crippen molar-refractivity contribution in [2.45, 2.75) is 25.6 Å². The summed E-state index contributed by atoms with van der Waals surface area (Å²) in [6, 6.07) is 0. The van der Waals surface area contributed by atoms with Crippen LogP contribution in [-0.4, -0.2) is 28.6 Å².